The average Bonchev–Trinajstić information content (AvgIpc) is 3.47. The molecule has 0 spiro atoms. The molecule has 13 heteroatoms. The molecule has 1 heterocycles. The number of aromatic nitrogens is 1. The lowest BCUT2D eigenvalue weighted by Crippen LogP contribution is -2.58. The zero-order chi connectivity index (χ0) is 34.2. The predicted molar refractivity (Wildman–Crippen MR) is 183 cm³/mol. The fourth-order valence-electron chi connectivity index (χ4n) is 4.85. The normalized spacial score (nSPS) is 14.0. The third-order valence-electron chi connectivity index (χ3n) is 7.56. The lowest BCUT2D eigenvalue weighted by molar-refractivity contribution is -0.125. The van der Waals surface area contributed by atoms with Crippen molar-refractivity contribution in [2.45, 2.75) is 89.6 Å². The lowest BCUT2D eigenvalue weighted by atomic mass is 9.98. The van der Waals surface area contributed by atoms with Crippen molar-refractivity contribution in [2.75, 3.05) is 19.3 Å². The van der Waals surface area contributed by atoms with E-state index >= 15 is 0 Å². The van der Waals surface area contributed by atoms with E-state index in [1.54, 1.807) is 32.2 Å². The fraction of sp³-hybridized carbons (Fsp3) is 0.485. The van der Waals surface area contributed by atoms with Crippen LogP contribution in [0.4, 0.5) is 10.5 Å². The Morgan fingerprint density at radius 2 is 1.61 bits per heavy atom. The largest absolute Gasteiger partial charge is 0.399 e. The van der Waals surface area contributed by atoms with Gasteiger partial charge in [0, 0.05) is 36.6 Å². The van der Waals surface area contributed by atoms with Gasteiger partial charge in [0.25, 0.3) is 0 Å². The summed E-state index contributed by atoms with van der Waals surface area (Å²) in [6.07, 6.45) is -1.04. The van der Waals surface area contributed by atoms with E-state index in [0.29, 0.717) is 5.69 Å². The molecule has 46 heavy (non-hydrogen) atoms. The molecule has 3 aromatic rings. The van der Waals surface area contributed by atoms with Crippen molar-refractivity contribution >= 4 is 39.0 Å². The van der Waals surface area contributed by atoms with Crippen LogP contribution in [0.25, 0.3) is 0 Å². The van der Waals surface area contributed by atoms with Gasteiger partial charge < -0.3 is 26.4 Å². The summed E-state index contributed by atoms with van der Waals surface area (Å²) in [6, 6.07) is 12.5. The minimum absolute atomic E-state index is 0.0519. The minimum Gasteiger partial charge on any atom is -0.399 e. The maximum atomic E-state index is 13.7. The number of nitrogens with zero attached hydrogens (tertiary/aromatic N) is 3. The molecule has 3 atom stereocenters. The van der Waals surface area contributed by atoms with Crippen molar-refractivity contribution in [1.29, 1.82) is 0 Å². The van der Waals surface area contributed by atoms with E-state index in [-0.39, 0.29) is 36.2 Å². The number of hydrogen-bond donors (Lipinski definition) is 4. The van der Waals surface area contributed by atoms with E-state index in [2.05, 4.69) is 29.5 Å². The number of nitrogen functional groups attached to an aromatic ring is 1. The van der Waals surface area contributed by atoms with Crippen LogP contribution >= 0.6 is 11.3 Å². The van der Waals surface area contributed by atoms with Gasteiger partial charge in [0.15, 0.2) is 0 Å². The molecular formula is C33H48N6O5S2. The third-order valence-corrected chi connectivity index (χ3v) is 10.8. The van der Waals surface area contributed by atoms with E-state index in [1.807, 2.05) is 49.6 Å². The van der Waals surface area contributed by atoms with E-state index in [4.69, 9.17) is 5.73 Å². The number of anilines is 1. The van der Waals surface area contributed by atoms with Crippen LogP contribution in [-0.2, 0) is 27.8 Å². The van der Waals surface area contributed by atoms with Crippen LogP contribution in [0.2, 0.25) is 0 Å². The molecule has 1 aromatic heterocycles. The summed E-state index contributed by atoms with van der Waals surface area (Å²) >= 11 is 1.55. The van der Waals surface area contributed by atoms with Crippen LogP contribution in [0, 0.1) is 5.92 Å². The second kappa shape index (κ2) is 16.3. The van der Waals surface area contributed by atoms with Crippen molar-refractivity contribution in [1.82, 2.24) is 24.8 Å². The molecule has 0 aliphatic carbocycles. The summed E-state index contributed by atoms with van der Waals surface area (Å²) in [7, 11) is -2.35. The smallest absolute Gasteiger partial charge is 0.318 e. The molecule has 0 aliphatic rings. The Morgan fingerprint density at radius 1 is 0.978 bits per heavy atom. The van der Waals surface area contributed by atoms with E-state index in [9.17, 15) is 23.1 Å². The van der Waals surface area contributed by atoms with Gasteiger partial charge in [-0.25, -0.2) is 18.2 Å². The lowest BCUT2D eigenvalue weighted by Gasteiger charge is -2.33. The number of hydrogen-bond acceptors (Lipinski definition) is 8. The Bertz CT molecular complexity index is 1530. The van der Waals surface area contributed by atoms with E-state index < -0.39 is 46.2 Å². The number of benzene rings is 2. The van der Waals surface area contributed by atoms with Gasteiger partial charge in [0.05, 0.1) is 34.3 Å². The first kappa shape index (κ1) is 36.9. The zero-order valence-electron chi connectivity index (χ0n) is 27.7. The number of thiazole rings is 1. The first-order chi connectivity index (χ1) is 21.6. The average molecular weight is 673 g/mol. The number of rotatable bonds is 15. The van der Waals surface area contributed by atoms with Crippen molar-refractivity contribution < 1.29 is 23.1 Å². The summed E-state index contributed by atoms with van der Waals surface area (Å²) in [4.78, 5) is 33.0. The summed E-state index contributed by atoms with van der Waals surface area (Å²) < 4.78 is 28.4. The van der Waals surface area contributed by atoms with Crippen LogP contribution in [0.1, 0.15) is 63.7 Å². The quantitative estimate of drug-likeness (QED) is 0.176. The molecule has 11 nitrogen and oxygen atoms in total. The SMILES string of the molecule is CC(C)c1nc(CN(C)C(=O)N[C@H](C(=O)N[C@@H](Cc2ccccc2)[C@H](O)CN(C(C)C)S(=O)(=O)c2ccc(N)cc2)C(C)C)cs1. The zero-order valence-corrected chi connectivity index (χ0v) is 29.3. The van der Waals surface area contributed by atoms with Crippen LogP contribution in [0.3, 0.4) is 0 Å². The van der Waals surface area contributed by atoms with Gasteiger partial charge in [-0.2, -0.15) is 4.31 Å². The van der Waals surface area contributed by atoms with Gasteiger partial charge >= 0.3 is 6.03 Å². The molecule has 252 valence electrons. The Labute approximate surface area is 277 Å². The summed E-state index contributed by atoms with van der Waals surface area (Å²) in [5, 5.41) is 20.2. The number of nitrogens with two attached hydrogens (primary N) is 1. The van der Waals surface area contributed by atoms with Gasteiger partial charge in [0.1, 0.15) is 6.04 Å². The maximum Gasteiger partial charge on any atom is 0.318 e. The molecule has 0 fully saturated rings. The highest BCUT2D eigenvalue weighted by atomic mass is 32.2. The van der Waals surface area contributed by atoms with Crippen LogP contribution < -0.4 is 16.4 Å². The summed E-state index contributed by atoms with van der Waals surface area (Å²) in [5.41, 5.74) is 7.81. The highest BCUT2D eigenvalue weighted by Gasteiger charge is 2.34. The first-order valence-corrected chi connectivity index (χ1v) is 17.8. The van der Waals surface area contributed by atoms with Gasteiger partial charge in [-0.15, -0.1) is 11.3 Å². The van der Waals surface area contributed by atoms with E-state index in [0.717, 1.165) is 16.3 Å². The van der Waals surface area contributed by atoms with Crippen molar-refractivity contribution in [3.8, 4) is 0 Å². The molecule has 0 radical (unpaired) electrons. The number of carbonyl (C=O) groups excluding carboxylic acids is 2. The minimum atomic E-state index is -3.99. The fourth-order valence-corrected chi connectivity index (χ4v) is 7.33. The maximum absolute atomic E-state index is 13.7. The highest BCUT2D eigenvalue weighted by molar-refractivity contribution is 7.89. The summed E-state index contributed by atoms with van der Waals surface area (Å²) in [5.74, 6) is -0.474. The standard InChI is InChI=1S/C33H48N6O5S2/c1-21(2)30(37-33(42)38(7)18-26-20-45-32(35-26)22(3)4)31(41)36-28(17-24-11-9-8-10-12-24)29(40)19-39(23(5)6)46(43,44)27-15-13-25(34)14-16-27/h8-16,20-23,28-30,40H,17-19,34H2,1-7H3,(H,36,41)(H,37,42)/t28-,29+,30-/m0/s1. The van der Waals surface area contributed by atoms with Gasteiger partial charge in [-0.3, -0.25) is 4.79 Å². The Balaban J connectivity index is 1.80. The molecule has 3 amide bonds. The first-order valence-electron chi connectivity index (χ1n) is 15.5. The molecule has 3 rings (SSSR count). The number of urea groups is 1. The Hall–Kier alpha value is -3.52. The highest BCUT2D eigenvalue weighted by Crippen LogP contribution is 2.22. The molecule has 0 saturated carbocycles. The number of amides is 3. The van der Waals surface area contributed by atoms with Gasteiger partial charge in [0.2, 0.25) is 15.9 Å². The number of aliphatic hydroxyl groups excluding tert-OH is 1. The van der Waals surface area contributed by atoms with Crippen molar-refractivity contribution in [2.24, 2.45) is 5.92 Å². The molecule has 2 aromatic carbocycles. The molecule has 0 bridgehead atoms. The molecular weight excluding hydrogens is 625 g/mol. The monoisotopic (exact) mass is 672 g/mol. The number of carbonyl (C=O) groups is 2. The second-order valence-corrected chi connectivity index (χ2v) is 15.2. The topological polar surface area (TPSA) is 158 Å². The van der Waals surface area contributed by atoms with Gasteiger partial charge in [-0.05, 0) is 56.0 Å². The molecule has 0 unspecified atom stereocenters. The molecule has 0 saturated heterocycles. The van der Waals surface area contributed by atoms with E-state index in [1.165, 1.54) is 33.5 Å². The number of nitrogens with one attached hydrogen (secondary N) is 2. The third kappa shape index (κ3) is 9.99. The molecule has 0 aliphatic heterocycles. The second-order valence-electron chi connectivity index (χ2n) is 12.5. The van der Waals surface area contributed by atoms with Crippen LogP contribution in [0.5, 0.6) is 0 Å². The Morgan fingerprint density at radius 3 is 2.15 bits per heavy atom. The van der Waals surface area contributed by atoms with Gasteiger partial charge in [-0.1, -0.05) is 58.0 Å². The van der Waals surface area contributed by atoms with Crippen molar-refractivity contribution in [3.63, 3.8) is 0 Å². The van der Waals surface area contributed by atoms with Crippen molar-refractivity contribution in [3.05, 3.63) is 76.2 Å². The molecule has 5 N–H and O–H groups in total. The number of aliphatic hydroxyl groups is 1. The summed E-state index contributed by atoms with van der Waals surface area (Å²) in [6.45, 7) is 11.2. The number of sulfonamides is 1. The van der Waals surface area contributed by atoms with Crippen LogP contribution in [0.15, 0.2) is 64.9 Å². The predicted octanol–water partition coefficient (Wildman–Crippen LogP) is 4.20. The van der Waals surface area contributed by atoms with Crippen LogP contribution in [-0.4, -0.2) is 77.5 Å². The Kier molecular flexibility index (Phi) is 13.1.